The summed E-state index contributed by atoms with van der Waals surface area (Å²) in [5, 5.41) is 0.939. The maximum atomic E-state index is 15.1. The molecular weight excluding hydrogens is 511 g/mol. The lowest BCUT2D eigenvalue weighted by molar-refractivity contribution is 0.00687. The molecule has 0 unspecified atom stereocenters. The summed E-state index contributed by atoms with van der Waals surface area (Å²) in [6, 6.07) is 2.84. The van der Waals surface area contributed by atoms with Gasteiger partial charge in [-0.2, -0.15) is 0 Å². The monoisotopic (exact) mass is 550 g/mol. The Kier molecular flexibility index (Phi) is 7.81. The molecule has 2 bridgehead atoms. The van der Waals surface area contributed by atoms with Gasteiger partial charge in [0.2, 0.25) is 0 Å². The highest BCUT2D eigenvalue weighted by atomic mass is 35.5. The van der Waals surface area contributed by atoms with Crippen molar-refractivity contribution in [3.8, 4) is 0 Å². The van der Waals surface area contributed by atoms with Crippen LogP contribution in [0.15, 0.2) is 6.20 Å². The molecule has 7 nitrogen and oxygen atoms in total. The number of carbonyl (C=O) groups is 1. The lowest BCUT2D eigenvalue weighted by Gasteiger charge is -2.43. The second-order valence-corrected chi connectivity index (χ2v) is 16.5. The van der Waals surface area contributed by atoms with E-state index in [0.29, 0.717) is 29.7 Å². The van der Waals surface area contributed by atoms with Crippen molar-refractivity contribution < 1.29 is 18.3 Å². The van der Waals surface area contributed by atoms with E-state index in [1.165, 1.54) is 0 Å². The molecule has 2 saturated heterocycles. The van der Waals surface area contributed by atoms with Crippen molar-refractivity contribution in [3.05, 3.63) is 28.4 Å². The minimum absolute atomic E-state index is 0.0730. The van der Waals surface area contributed by atoms with Gasteiger partial charge in [0, 0.05) is 35.8 Å². The summed E-state index contributed by atoms with van der Waals surface area (Å²) in [5.74, 6) is 0.148. The van der Waals surface area contributed by atoms with E-state index in [2.05, 4.69) is 30.7 Å². The third kappa shape index (κ3) is 5.19. The molecule has 0 spiro atoms. The van der Waals surface area contributed by atoms with Crippen LogP contribution in [0, 0.1) is 19.7 Å². The minimum Gasteiger partial charge on any atom is -0.444 e. The lowest BCUT2D eigenvalue weighted by atomic mass is 10.1. The number of pyridine rings is 2. The van der Waals surface area contributed by atoms with Crippen LogP contribution in [-0.4, -0.2) is 66.2 Å². The van der Waals surface area contributed by atoms with Crippen LogP contribution >= 0.6 is 11.6 Å². The van der Waals surface area contributed by atoms with Gasteiger partial charge in [-0.3, -0.25) is 4.90 Å². The van der Waals surface area contributed by atoms with Crippen molar-refractivity contribution >= 4 is 42.6 Å². The van der Waals surface area contributed by atoms with Crippen LogP contribution in [-0.2, 0) is 9.16 Å². The molecule has 2 aliphatic rings. The number of halogens is 2. The number of anilines is 1. The summed E-state index contributed by atoms with van der Waals surface area (Å²) >= 11 is 6.04. The fourth-order valence-electron chi connectivity index (χ4n) is 5.86. The zero-order valence-corrected chi connectivity index (χ0v) is 25.1. The van der Waals surface area contributed by atoms with Gasteiger partial charge in [-0.25, -0.2) is 19.2 Å². The summed E-state index contributed by atoms with van der Waals surface area (Å²) in [6.45, 7) is 17.1. The molecule has 0 aliphatic carbocycles. The van der Waals surface area contributed by atoms with Crippen molar-refractivity contribution in [1.29, 1.82) is 0 Å². The number of rotatable bonds is 6. The number of amides is 1. The predicted octanol–water partition coefficient (Wildman–Crippen LogP) is 6.63. The normalized spacial score (nSPS) is 22.2. The summed E-state index contributed by atoms with van der Waals surface area (Å²) in [6.07, 6.45) is 1.98. The number of carbonyl (C=O) groups excluding carboxylic acids is 1. The molecule has 37 heavy (non-hydrogen) atoms. The standard InChI is InChI=1S/C27H40ClFN4O3Si/c1-9-37(10-2,11-3)36-21-12-18-14-32(15-20(21)33(18)26(34)35-27(6,7)8)25-19-13-30-24(28)23(29)22(19)16(4)17(5)31-25/h13,18,20-21H,9-12,14-15H2,1-8H3/t18-,20-,21-/m1/s1. The first-order valence-corrected chi connectivity index (χ1v) is 16.3. The van der Waals surface area contributed by atoms with Crippen LogP contribution in [0.3, 0.4) is 0 Å². The molecule has 0 saturated carbocycles. The second kappa shape index (κ2) is 10.3. The first-order valence-electron chi connectivity index (χ1n) is 13.4. The summed E-state index contributed by atoms with van der Waals surface area (Å²) in [4.78, 5) is 26.4. The highest BCUT2D eigenvalue weighted by Gasteiger charge is 2.52. The van der Waals surface area contributed by atoms with Crippen molar-refractivity contribution in [2.24, 2.45) is 0 Å². The molecule has 1 amide bonds. The van der Waals surface area contributed by atoms with Gasteiger partial charge in [0.15, 0.2) is 19.3 Å². The molecule has 2 aliphatic heterocycles. The van der Waals surface area contributed by atoms with Crippen molar-refractivity contribution in [2.75, 3.05) is 18.0 Å². The largest absolute Gasteiger partial charge is 0.444 e. The number of ether oxygens (including phenoxy) is 1. The summed E-state index contributed by atoms with van der Waals surface area (Å²) < 4.78 is 27.9. The zero-order valence-electron chi connectivity index (χ0n) is 23.3. The van der Waals surface area contributed by atoms with E-state index < -0.39 is 19.7 Å². The topological polar surface area (TPSA) is 67.8 Å². The Balaban J connectivity index is 1.75. The number of aromatic nitrogens is 2. The van der Waals surface area contributed by atoms with E-state index in [9.17, 15) is 4.79 Å². The minimum atomic E-state index is -1.92. The fraction of sp³-hybridized carbons (Fsp3) is 0.667. The predicted molar refractivity (Wildman–Crippen MR) is 149 cm³/mol. The van der Waals surface area contributed by atoms with Crippen LogP contribution in [0.4, 0.5) is 15.0 Å². The van der Waals surface area contributed by atoms with Crippen molar-refractivity contribution in [2.45, 2.75) is 104 Å². The summed E-state index contributed by atoms with van der Waals surface area (Å²) in [7, 11) is -1.92. The van der Waals surface area contributed by atoms with E-state index in [0.717, 1.165) is 35.8 Å². The molecule has 4 heterocycles. The molecule has 2 fully saturated rings. The average molecular weight is 551 g/mol. The molecular formula is C27H40ClFN4O3Si. The van der Waals surface area contributed by atoms with Gasteiger partial charge in [-0.05, 0) is 64.7 Å². The Hall–Kier alpha value is -1.97. The van der Waals surface area contributed by atoms with Crippen LogP contribution in [0.5, 0.6) is 0 Å². The maximum absolute atomic E-state index is 15.1. The third-order valence-electron chi connectivity index (χ3n) is 8.17. The van der Waals surface area contributed by atoms with Crippen molar-refractivity contribution in [1.82, 2.24) is 14.9 Å². The Morgan fingerprint density at radius 3 is 2.43 bits per heavy atom. The number of hydrogen-bond donors (Lipinski definition) is 0. The van der Waals surface area contributed by atoms with Gasteiger partial charge in [0.25, 0.3) is 0 Å². The fourth-order valence-corrected chi connectivity index (χ4v) is 8.89. The van der Waals surface area contributed by atoms with E-state index in [4.69, 9.17) is 25.7 Å². The molecule has 10 heteroatoms. The Bertz CT molecular complexity index is 1170. The van der Waals surface area contributed by atoms with Gasteiger partial charge in [0.05, 0.1) is 18.2 Å². The second-order valence-electron chi connectivity index (χ2n) is 11.4. The smallest absolute Gasteiger partial charge is 0.411 e. The van der Waals surface area contributed by atoms with Gasteiger partial charge >= 0.3 is 6.09 Å². The number of hydrogen-bond acceptors (Lipinski definition) is 6. The molecule has 0 radical (unpaired) electrons. The maximum Gasteiger partial charge on any atom is 0.411 e. The Labute approximate surface area is 225 Å². The quantitative estimate of drug-likeness (QED) is 0.297. The first-order chi connectivity index (χ1) is 17.3. The van der Waals surface area contributed by atoms with E-state index in [1.807, 2.05) is 39.5 Å². The Morgan fingerprint density at radius 1 is 1.19 bits per heavy atom. The average Bonchev–Trinajstić information content (AvgIpc) is 3.06. The van der Waals surface area contributed by atoms with Gasteiger partial charge in [-0.15, -0.1) is 0 Å². The molecule has 0 aromatic carbocycles. The van der Waals surface area contributed by atoms with Crippen LogP contribution in [0.1, 0.15) is 59.2 Å². The van der Waals surface area contributed by atoms with E-state index in [-0.39, 0.29) is 29.4 Å². The molecule has 0 N–H and O–H groups in total. The SMILES string of the molecule is CC[Si](CC)(CC)O[C@@H]1C[C@@H]2CN(c3nc(C)c(C)c4c(F)c(Cl)ncc34)C[C@H]1N2C(=O)OC(C)(C)C. The van der Waals surface area contributed by atoms with Gasteiger partial charge in [0.1, 0.15) is 11.4 Å². The highest BCUT2D eigenvalue weighted by molar-refractivity contribution is 6.73. The van der Waals surface area contributed by atoms with E-state index in [1.54, 1.807) is 6.20 Å². The van der Waals surface area contributed by atoms with Gasteiger partial charge in [-0.1, -0.05) is 32.4 Å². The van der Waals surface area contributed by atoms with Gasteiger partial charge < -0.3 is 14.1 Å². The number of nitrogens with zero attached hydrogens (tertiary/aromatic N) is 4. The molecule has 2 aromatic heterocycles. The van der Waals surface area contributed by atoms with Crippen LogP contribution in [0.2, 0.25) is 23.3 Å². The third-order valence-corrected chi connectivity index (χ3v) is 13.1. The molecule has 2 aromatic rings. The Morgan fingerprint density at radius 2 is 1.84 bits per heavy atom. The number of fused-ring (bicyclic) bond motifs is 3. The highest BCUT2D eigenvalue weighted by Crippen LogP contribution is 2.40. The zero-order chi connectivity index (χ0) is 27.3. The summed E-state index contributed by atoms with van der Waals surface area (Å²) in [5.41, 5.74) is 0.905. The number of piperazine rings is 1. The first kappa shape index (κ1) is 28.0. The lowest BCUT2D eigenvalue weighted by Crippen LogP contribution is -2.59. The van der Waals surface area contributed by atoms with Crippen molar-refractivity contribution in [3.63, 3.8) is 0 Å². The number of aryl methyl sites for hydroxylation is 2. The molecule has 204 valence electrons. The molecule has 4 rings (SSSR count). The molecule has 3 atom stereocenters. The van der Waals surface area contributed by atoms with Crippen LogP contribution in [0.25, 0.3) is 10.8 Å². The van der Waals surface area contributed by atoms with E-state index >= 15 is 4.39 Å². The van der Waals surface area contributed by atoms with Crippen LogP contribution < -0.4 is 4.90 Å².